The fourth-order valence-corrected chi connectivity index (χ4v) is 4.36. The number of carbonyl (C=O) groups is 1. The van der Waals surface area contributed by atoms with Crippen LogP contribution in [0.3, 0.4) is 0 Å². The van der Waals surface area contributed by atoms with E-state index in [1.165, 1.54) is 19.2 Å². The minimum Gasteiger partial charge on any atom is -0.312 e. The fraction of sp³-hybridized carbons (Fsp3) is 0.316. The third kappa shape index (κ3) is 3.50. The summed E-state index contributed by atoms with van der Waals surface area (Å²) in [7, 11) is -2.34. The molecule has 0 aliphatic carbocycles. The van der Waals surface area contributed by atoms with E-state index in [1.54, 1.807) is 42.2 Å². The molecule has 1 saturated heterocycles. The number of hydrogen-bond acceptors (Lipinski definition) is 3. The van der Waals surface area contributed by atoms with Gasteiger partial charge in [0.1, 0.15) is 5.82 Å². The van der Waals surface area contributed by atoms with Crippen LogP contribution in [0.25, 0.3) is 0 Å². The van der Waals surface area contributed by atoms with Crippen LogP contribution in [0.1, 0.15) is 24.0 Å². The number of carbonyl (C=O) groups excluding carboxylic acids is 1. The lowest BCUT2D eigenvalue weighted by molar-refractivity contribution is -0.117. The summed E-state index contributed by atoms with van der Waals surface area (Å²) in [6.45, 7) is 2.39. The standard InChI is InChI=1S/C19H21FN2O3S/c1-14-12-16(9-10-18(14)22-11-5-8-19(22)23)26(24,25)21(2)13-15-6-3-4-7-17(15)20/h3-4,6-7,9-10,12H,5,8,11,13H2,1-2H3. The maximum absolute atomic E-state index is 13.8. The van der Waals surface area contributed by atoms with Crippen molar-refractivity contribution in [2.24, 2.45) is 0 Å². The summed E-state index contributed by atoms with van der Waals surface area (Å²) in [5.41, 5.74) is 1.78. The van der Waals surface area contributed by atoms with E-state index in [0.29, 0.717) is 18.5 Å². The van der Waals surface area contributed by atoms with E-state index in [-0.39, 0.29) is 17.3 Å². The molecular weight excluding hydrogens is 355 g/mol. The average Bonchev–Trinajstić information content (AvgIpc) is 3.02. The van der Waals surface area contributed by atoms with Gasteiger partial charge < -0.3 is 4.90 Å². The molecule has 2 aromatic rings. The zero-order valence-corrected chi connectivity index (χ0v) is 15.6. The molecule has 138 valence electrons. The second kappa shape index (κ2) is 7.17. The molecular formula is C19H21FN2O3S. The van der Waals surface area contributed by atoms with E-state index < -0.39 is 15.8 Å². The Morgan fingerprint density at radius 3 is 2.54 bits per heavy atom. The fourth-order valence-electron chi connectivity index (χ4n) is 3.13. The van der Waals surface area contributed by atoms with Crippen molar-refractivity contribution in [2.75, 3.05) is 18.5 Å². The third-order valence-corrected chi connectivity index (χ3v) is 6.39. The summed E-state index contributed by atoms with van der Waals surface area (Å²) in [6, 6.07) is 10.8. The summed E-state index contributed by atoms with van der Waals surface area (Å²) in [5, 5.41) is 0. The molecule has 0 spiro atoms. The molecule has 1 heterocycles. The zero-order chi connectivity index (χ0) is 18.9. The van der Waals surface area contributed by atoms with Gasteiger partial charge in [0.25, 0.3) is 0 Å². The van der Waals surface area contributed by atoms with Crippen LogP contribution in [0.15, 0.2) is 47.4 Å². The Kier molecular flexibility index (Phi) is 5.11. The molecule has 1 fully saturated rings. The molecule has 0 aromatic heterocycles. The number of anilines is 1. The Hall–Kier alpha value is -2.25. The molecule has 0 atom stereocenters. The number of nitrogens with zero attached hydrogens (tertiary/aromatic N) is 2. The maximum atomic E-state index is 13.8. The van der Waals surface area contributed by atoms with Crippen molar-refractivity contribution in [3.05, 3.63) is 59.4 Å². The van der Waals surface area contributed by atoms with E-state index in [2.05, 4.69) is 0 Å². The van der Waals surface area contributed by atoms with Gasteiger partial charge in [-0.2, -0.15) is 4.31 Å². The normalized spacial score (nSPS) is 15.1. The van der Waals surface area contributed by atoms with Gasteiger partial charge >= 0.3 is 0 Å². The number of aryl methyl sites for hydroxylation is 1. The first-order valence-electron chi connectivity index (χ1n) is 8.41. The highest BCUT2D eigenvalue weighted by atomic mass is 32.2. The molecule has 7 heteroatoms. The van der Waals surface area contributed by atoms with Crippen LogP contribution in [0, 0.1) is 12.7 Å². The Bertz CT molecular complexity index is 944. The van der Waals surface area contributed by atoms with Crippen molar-refractivity contribution in [2.45, 2.75) is 31.2 Å². The number of amides is 1. The summed E-state index contributed by atoms with van der Waals surface area (Å²) in [6.07, 6.45) is 1.33. The van der Waals surface area contributed by atoms with Gasteiger partial charge in [-0.3, -0.25) is 4.79 Å². The predicted molar refractivity (Wildman–Crippen MR) is 97.8 cm³/mol. The Balaban J connectivity index is 1.86. The van der Waals surface area contributed by atoms with Gasteiger partial charge in [0.2, 0.25) is 15.9 Å². The molecule has 0 radical (unpaired) electrons. The van der Waals surface area contributed by atoms with Gasteiger partial charge in [-0.25, -0.2) is 12.8 Å². The van der Waals surface area contributed by atoms with Gasteiger partial charge in [0, 0.05) is 37.8 Å². The van der Waals surface area contributed by atoms with Crippen LogP contribution in [-0.2, 0) is 21.4 Å². The van der Waals surface area contributed by atoms with Crippen molar-refractivity contribution in [3.63, 3.8) is 0 Å². The minimum atomic E-state index is -3.77. The van der Waals surface area contributed by atoms with Crippen molar-refractivity contribution < 1.29 is 17.6 Å². The lowest BCUT2D eigenvalue weighted by Crippen LogP contribution is -2.28. The van der Waals surface area contributed by atoms with Crippen LogP contribution in [0.4, 0.5) is 10.1 Å². The Morgan fingerprint density at radius 2 is 1.92 bits per heavy atom. The van der Waals surface area contributed by atoms with Gasteiger partial charge in [-0.05, 0) is 43.2 Å². The molecule has 0 bridgehead atoms. The number of sulfonamides is 1. The quantitative estimate of drug-likeness (QED) is 0.806. The highest BCUT2D eigenvalue weighted by Crippen LogP contribution is 2.28. The van der Waals surface area contributed by atoms with E-state index in [0.717, 1.165) is 22.0 Å². The molecule has 26 heavy (non-hydrogen) atoms. The molecule has 1 amide bonds. The smallest absolute Gasteiger partial charge is 0.243 e. The molecule has 1 aliphatic rings. The molecule has 2 aromatic carbocycles. The Morgan fingerprint density at radius 1 is 1.19 bits per heavy atom. The van der Waals surface area contributed by atoms with Crippen molar-refractivity contribution >= 4 is 21.6 Å². The summed E-state index contributed by atoms with van der Waals surface area (Å²) < 4.78 is 40.6. The van der Waals surface area contributed by atoms with Crippen LogP contribution >= 0.6 is 0 Å². The number of halogens is 1. The molecule has 0 saturated carbocycles. The molecule has 1 aliphatic heterocycles. The molecule has 0 N–H and O–H groups in total. The molecule has 0 unspecified atom stereocenters. The number of rotatable bonds is 5. The summed E-state index contributed by atoms with van der Waals surface area (Å²) in [4.78, 5) is 13.7. The summed E-state index contributed by atoms with van der Waals surface area (Å²) in [5.74, 6) is -0.381. The van der Waals surface area contributed by atoms with Gasteiger partial charge in [0.15, 0.2) is 0 Å². The van der Waals surface area contributed by atoms with Crippen LogP contribution in [0.5, 0.6) is 0 Å². The minimum absolute atomic E-state index is 0.0551. The average molecular weight is 376 g/mol. The first-order chi connectivity index (χ1) is 12.3. The monoisotopic (exact) mass is 376 g/mol. The van der Waals surface area contributed by atoms with Gasteiger partial charge in [0.05, 0.1) is 4.90 Å². The second-order valence-corrected chi connectivity index (χ2v) is 8.49. The second-order valence-electron chi connectivity index (χ2n) is 6.45. The molecule has 3 rings (SSSR count). The lowest BCUT2D eigenvalue weighted by Gasteiger charge is -2.21. The predicted octanol–water partition coefficient (Wildman–Crippen LogP) is 3.08. The SMILES string of the molecule is Cc1cc(S(=O)(=O)N(C)Cc2ccccc2F)ccc1N1CCCC1=O. The lowest BCUT2D eigenvalue weighted by atomic mass is 10.2. The van der Waals surface area contributed by atoms with E-state index in [9.17, 15) is 17.6 Å². The van der Waals surface area contributed by atoms with Crippen molar-refractivity contribution in [1.29, 1.82) is 0 Å². The Labute approximate surface area is 153 Å². The van der Waals surface area contributed by atoms with Crippen LogP contribution < -0.4 is 4.90 Å². The zero-order valence-electron chi connectivity index (χ0n) is 14.8. The molecule has 5 nitrogen and oxygen atoms in total. The summed E-state index contributed by atoms with van der Waals surface area (Å²) >= 11 is 0. The number of hydrogen-bond donors (Lipinski definition) is 0. The first kappa shape index (κ1) is 18.5. The first-order valence-corrected chi connectivity index (χ1v) is 9.85. The van der Waals surface area contributed by atoms with Crippen molar-refractivity contribution in [1.82, 2.24) is 4.31 Å². The third-order valence-electron chi connectivity index (χ3n) is 4.59. The number of benzene rings is 2. The van der Waals surface area contributed by atoms with Crippen LogP contribution in [0.2, 0.25) is 0 Å². The highest BCUT2D eigenvalue weighted by molar-refractivity contribution is 7.89. The van der Waals surface area contributed by atoms with Crippen molar-refractivity contribution in [3.8, 4) is 0 Å². The maximum Gasteiger partial charge on any atom is 0.243 e. The van der Waals surface area contributed by atoms with E-state index in [4.69, 9.17) is 0 Å². The van der Waals surface area contributed by atoms with E-state index in [1.807, 2.05) is 0 Å². The van der Waals surface area contributed by atoms with Gasteiger partial charge in [-0.1, -0.05) is 18.2 Å². The van der Waals surface area contributed by atoms with E-state index >= 15 is 0 Å². The topological polar surface area (TPSA) is 57.7 Å². The largest absolute Gasteiger partial charge is 0.312 e. The van der Waals surface area contributed by atoms with Crippen LogP contribution in [-0.4, -0.2) is 32.2 Å². The van der Waals surface area contributed by atoms with Gasteiger partial charge in [-0.15, -0.1) is 0 Å². The highest BCUT2D eigenvalue weighted by Gasteiger charge is 2.26.